The summed E-state index contributed by atoms with van der Waals surface area (Å²) in [6.45, 7) is 1.94. The molecular weight excluding hydrogens is 220 g/mol. The normalized spacial score (nSPS) is 11.1. The number of benzene rings is 1. The lowest BCUT2D eigenvalue weighted by atomic mass is 10.3. The van der Waals surface area contributed by atoms with Gasteiger partial charge in [0.15, 0.2) is 5.05 Å². The molecule has 0 N–H and O–H groups in total. The fourth-order valence-electron chi connectivity index (χ4n) is 1.27. The van der Waals surface area contributed by atoms with Gasteiger partial charge in [0.05, 0.1) is 19.2 Å². The van der Waals surface area contributed by atoms with E-state index in [0.717, 1.165) is 11.4 Å². The molecule has 1 rings (SSSR count). The number of para-hydroxylation sites is 1. The molecule has 0 bridgehead atoms. The highest BCUT2D eigenvalue weighted by atomic mass is 32.1. The van der Waals surface area contributed by atoms with Crippen LogP contribution in [0.5, 0.6) is 0 Å². The molecule has 0 aromatic heterocycles. The van der Waals surface area contributed by atoms with E-state index in [4.69, 9.17) is 17.0 Å². The van der Waals surface area contributed by atoms with E-state index in [1.165, 1.54) is 0 Å². The Bertz CT molecular complexity index is 376. The molecule has 86 valence electrons. The van der Waals surface area contributed by atoms with Gasteiger partial charge in [0.25, 0.3) is 0 Å². The molecule has 3 nitrogen and oxygen atoms in total. The Labute approximate surface area is 102 Å². The van der Waals surface area contributed by atoms with Crippen molar-refractivity contribution in [2.75, 3.05) is 19.2 Å². The molecule has 0 fully saturated rings. The fourth-order valence-corrected chi connectivity index (χ4v) is 1.48. The van der Waals surface area contributed by atoms with E-state index in [1.54, 1.807) is 7.11 Å². The second-order valence-electron chi connectivity index (χ2n) is 3.45. The third-order valence-electron chi connectivity index (χ3n) is 2.08. The van der Waals surface area contributed by atoms with Crippen LogP contribution in [0, 0.1) is 0 Å². The predicted octanol–water partition coefficient (Wildman–Crippen LogP) is 2.86. The van der Waals surface area contributed by atoms with Gasteiger partial charge in [-0.05, 0) is 31.3 Å². The standard InChI is InChI=1S/C12H16N2OS/c1-10(9-12(16)15-3)13-14(2)11-7-5-4-6-8-11/h4-8H,9H2,1-3H3. The molecule has 0 radical (unpaired) electrons. The molecule has 16 heavy (non-hydrogen) atoms. The molecule has 0 aliphatic carbocycles. The van der Waals surface area contributed by atoms with Gasteiger partial charge in [-0.1, -0.05) is 18.2 Å². The van der Waals surface area contributed by atoms with Crippen LogP contribution < -0.4 is 5.01 Å². The van der Waals surface area contributed by atoms with E-state index in [0.29, 0.717) is 11.5 Å². The number of hydrogen-bond acceptors (Lipinski definition) is 4. The predicted molar refractivity (Wildman–Crippen MR) is 72.2 cm³/mol. The highest BCUT2D eigenvalue weighted by Gasteiger charge is 2.01. The minimum absolute atomic E-state index is 0.558. The number of ether oxygens (including phenoxy) is 1. The van der Waals surface area contributed by atoms with Crippen LogP contribution >= 0.6 is 12.2 Å². The minimum Gasteiger partial charge on any atom is -0.490 e. The van der Waals surface area contributed by atoms with Crippen LogP contribution in [0.1, 0.15) is 13.3 Å². The maximum atomic E-state index is 4.98. The lowest BCUT2D eigenvalue weighted by molar-refractivity contribution is 0.408. The molecule has 0 amide bonds. The van der Waals surface area contributed by atoms with E-state index in [9.17, 15) is 0 Å². The van der Waals surface area contributed by atoms with E-state index in [1.807, 2.05) is 49.3 Å². The Morgan fingerprint density at radius 1 is 1.38 bits per heavy atom. The van der Waals surface area contributed by atoms with Crippen LogP contribution in [0.2, 0.25) is 0 Å². The summed E-state index contributed by atoms with van der Waals surface area (Å²) in [4.78, 5) is 0. The zero-order chi connectivity index (χ0) is 12.0. The summed E-state index contributed by atoms with van der Waals surface area (Å²) in [6, 6.07) is 9.96. The van der Waals surface area contributed by atoms with Crippen molar-refractivity contribution in [3.63, 3.8) is 0 Å². The summed E-state index contributed by atoms with van der Waals surface area (Å²) in [6.07, 6.45) is 0.586. The van der Waals surface area contributed by atoms with E-state index in [2.05, 4.69) is 5.10 Å². The number of hydrogen-bond donors (Lipinski definition) is 0. The van der Waals surface area contributed by atoms with Crippen molar-refractivity contribution in [3.8, 4) is 0 Å². The van der Waals surface area contributed by atoms with Gasteiger partial charge in [0.1, 0.15) is 0 Å². The summed E-state index contributed by atoms with van der Waals surface area (Å²) < 4.78 is 4.94. The lowest BCUT2D eigenvalue weighted by Crippen LogP contribution is -2.13. The summed E-state index contributed by atoms with van der Waals surface area (Å²) in [5, 5.41) is 6.80. The molecule has 0 saturated carbocycles. The van der Waals surface area contributed by atoms with E-state index in [-0.39, 0.29) is 0 Å². The van der Waals surface area contributed by atoms with Crippen molar-refractivity contribution in [1.82, 2.24) is 0 Å². The number of methoxy groups -OCH3 is 1. The third kappa shape index (κ3) is 3.98. The Kier molecular flexibility index (Phi) is 4.92. The maximum absolute atomic E-state index is 4.98. The average Bonchev–Trinajstić information content (AvgIpc) is 2.29. The third-order valence-corrected chi connectivity index (χ3v) is 2.39. The molecule has 0 atom stereocenters. The summed E-state index contributed by atoms with van der Waals surface area (Å²) in [5.41, 5.74) is 1.98. The van der Waals surface area contributed by atoms with Crippen LogP contribution in [0.4, 0.5) is 5.69 Å². The number of hydrazone groups is 1. The minimum atomic E-state index is 0.558. The molecule has 0 saturated heterocycles. The van der Waals surface area contributed by atoms with Gasteiger partial charge in [-0.25, -0.2) is 0 Å². The van der Waals surface area contributed by atoms with Gasteiger partial charge in [0, 0.05) is 12.8 Å². The zero-order valence-electron chi connectivity index (χ0n) is 9.80. The molecule has 0 heterocycles. The van der Waals surface area contributed by atoms with Crippen LogP contribution in [0.3, 0.4) is 0 Å². The molecule has 4 heteroatoms. The Morgan fingerprint density at radius 3 is 2.56 bits per heavy atom. The molecular formula is C12H16N2OS. The Morgan fingerprint density at radius 2 is 2.00 bits per heavy atom. The smallest absolute Gasteiger partial charge is 0.164 e. The first kappa shape index (κ1) is 12.6. The van der Waals surface area contributed by atoms with Gasteiger partial charge in [-0.2, -0.15) is 5.10 Å². The van der Waals surface area contributed by atoms with Crippen molar-refractivity contribution in [3.05, 3.63) is 30.3 Å². The van der Waals surface area contributed by atoms with Crippen LogP contribution in [-0.2, 0) is 4.74 Å². The first-order valence-corrected chi connectivity index (χ1v) is 5.44. The molecule has 1 aromatic rings. The van der Waals surface area contributed by atoms with Gasteiger partial charge < -0.3 is 4.74 Å². The second-order valence-corrected chi connectivity index (χ2v) is 3.90. The topological polar surface area (TPSA) is 24.8 Å². The van der Waals surface area contributed by atoms with Crippen molar-refractivity contribution < 1.29 is 4.74 Å². The molecule has 1 aromatic carbocycles. The van der Waals surface area contributed by atoms with E-state index < -0.39 is 0 Å². The maximum Gasteiger partial charge on any atom is 0.164 e. The number of thiocarbonyl (C=S) groups is 1. The summed E-state index contributed by atoms with van der Waals surface area (Å²) >= 11 is 4.98. The first-order chi connectivity index (χ1) is 7.63. The number of nitrogens with zero attached hydrogens (tertiary/aromatic N) is 2. The SMILES string of the molecule is COC(=S)CC(C)=NN(C)c1ccccc1. The molecule has 0 unspecified atom stereocenters. The van der Waals surface area contributed by atoms with Gasteiger partial charge >= 0.3 is 0 Å². The summed E-state index contributed by atoms with van der Waals surface area (Å²) in [7, 11) is 3.49. The van der Waals surface area contributed by atoms with Crippen molar-refractivity contribution in [2.45, 2.75) is 13.3 Å². The van der Waals surface area contributed by atoms with Gasteiger partial charge in [-0.15, -0.1) is 0 Å². The van der Waals surface area contributed by atoms with Crippen LogP contribution in [0.15, 0.2) is 35.4 Å². The zero-order valence-corrected chi connectivity index (χ0v) is 10.6. The van der Waals surface area contributed by atoms with Gasteiger partial charge in [0.2, 0.25) is 0 Å². The molecule has 0 aliphatic heterocycles. The van der Waals surface area contributed by atoms with Crippen LogP contribution in [0.25, 0.3) is 0 Å². The Hall–Kier alpha value is -1.42. The fraction of sp³-hybridized carbons (Fsp3) is 0.333. The Balaban J connectivity index is 2.65. The van der Waals surface area contributed by atoms with Gasteiger partial charge in [-0.3, -0.25) is 5.01 Å². The van der Waals surface area contributed by atoms with E-state index >= 15 is 0 Å². The average molecular weight is 236 g/mol. The first-order valence-electron chi connectivity index (χ1n) is 5.03. The van der Waals surface area contributed by atoms with Crippen molar-refractivity contribution >= 4 is 28.7 Å². The number of rotatable bonds is 4. The van der Waals surface area contributed by atoms with Crippen molar-refractivity contribution in [1.29, 1.82) is 0 Å². The monoisotopic (exact) mass is 236 g/mol. The quantitative estimate of drug-likeness (QED) is 0.456. The second kappa shape index (κ2) is 6.23. The number of anilines is 1. The van der Waals surface area contributed by atoms with Crippen molar-refractivity contribution in [2.24, 2.45) is 5.10 Å². The van der Waals surface area contributed by atoms with Crippen LogP contribution in [-0.4, -0.2) is 24.9 Å². The highest BCUT2D eigenvalue weighted by molar-refractivity contribution is 7.80. The molecule has 0 spiro atoms. The largest absolute Gasteiger partial charge is 0.490 e. The summed E-state index contributed by atoms with van der Waals surface area (Å²) in [5.74, 6) is 0. The molecule has 0 aliphatic rings. The highest BCUT2D eigenvalue weighted by Crippen LogP contribution is 2.11. The lowest BCUT2D eigenvalue weighted by Gasteiger charge is -2.14.